The van der Waals surface area contributed by atoms with Crippen LogP contribution < -0.4 is 18.9 Å². The zero-order valence-electron chi connectivity index (χ0n) is 15.6. The lowest BCUT2D eigenvalue weighted by molar-refractivity contribution is -0.106. The molecule has 0 aliphatic carbocycles. The average Bonchev–Trinajstić information content (AvgIpc) is 2.70. The van der Waals surface area contributed by atoms with Crippen LogP contribution in [-0.2, 0) is 9.47 Å². The molecule has 140 valence electrons. The highest BCUT2D eigenvalue weighted by molar-refractivity contribution is 5.48. The number of ether oxygens (including phenoxy) is 6. The van der Waals surface area contributed by atoms with Crippen LogP contribution in [0.3, 0.4) is 0 Å². The first kappa shape index (κ1) is 18.4. The van der Waals surface area contributed by atoms with Crippen LogP contribution in [0.5, 0.6) is 23.0 Å². The Labute approximate surface area is 153 Å². The molecule has 0 spiro atoms. The third-order valence-corrected chi connectivity index (χ3v) is 4.64. The Morgan fingerprint density at radius 2 is 1.54 bits per heavy atom. The van der Waals surface area contributed by atoms with Gasteiger partial charge < -0.3 is 28.4 Å². The molecule has 0 radical (unpaired) electrons. The summed E-state index contributed by atoms with van der Waals surface area (Å²) in [6.45, 7) is 0. The van der Waals surface area contributed by atoms with Crippen molar-refractivity contribution < 1.29 is 28.4 Å². The summed E-state index contributed by atoms with van der Waals surface area (Å²) in [5.41, 5.74) is 1.84. The number of fused-ring (bicyclic) bond motifs is 1. The van der Waals surface area contributed by atoms with Gasteiger partial charge in [0.2, 0.25) is 0 Å². The van der Waals surface area contributed by atoms with Crippen molar-refractivity contribution in [1.29, 1.82) is 0 Å². The Morgan fingerprint density at radius 1 is 0.769 bits per heavy atom. The molecule has 0 amide bonds. The molecule has 1 aliphatic heterocycles. The largest absolute Gasteiger partial charge is 0.497 e. The van der Waals surface area contributed by atoms with Crippen LogP contribution in [0.1, 0.15) is 23.3 Å². The smallest absolute Gasteiger partial charge is 0.161 e. The fraction of sp³-hybridized carbons (Fsp3) is 0.400. The SMILES string of the molecule is COc1ccc2c(c1)O[C@H](c1ccc(OC)c(OC)c1)[C@@H](OC)[C@H]2OC. The lowest BCUT2D eigenvalue weighted by Gasteiger charge is -2.38. The summed E-state index contributed by atoms with van der Waals surface area (Å²) in [6.07, 6.45) is -0.962. The van der Waals surface area contributed by atoms with Gasteiger partial charge in [0.25, 0.3) is 0 Å². The van der Waals surface area contributed by atoms with Crippen molar-refractivity contribution in [2.75, 3.05) is 35.5 Å². The molecule has 6 nitrogen and oxygen atoms in total. The molecular weight excluding hydrogens is 336 g/mol. The van der Waals surface area contributed by atoms with Gasteiger partial charge in [-0.1, -0.05) is 6.07 Å². The van der Waals surface area contributed by atoms with E-state index in [0.29, 0.717) is 17.2 Å². The van der Waals surface area contributed by atoms with E-state index in [1.165, 1.54) is 0 Å². The van der Waals surface area contributed by atoms with E-state index in [0.717, 1.165) is 16.9 Å². The molecule has 0 fully saturated rings. The van der Waals surface area contributed by atoms with Crippen LogP contribution in [0, 0.1) is 0 Å². The van der Waals surface area contributed by atoms with Crippen molar-refractivity contribution in [3.8, 4) is 23.0 Å². The van der Waals surface area contributed by atoms with E-state index >= 15 is 0 Å². The summed E-state index contributed by atoms with van der Waals surface area (Å²) in [5.74, 6) is 2.73. The van der Waals surface area contributed by atoms with E-state index in [1.807, 2.05) is 36.4 Å². The minimum atomic E-state index is -0.371. The molecule has 3 atom stereocenters. The first-order valence-corrected chi connectivity index (χ1v) is 8.28. The van der Waals surface area contributed by atoms with Gasteiger partial charge in [0.1, 0.15) is 23.7 Å². The Bertz CT molecular complexity index is 760. The van der Waals surface area contributed by atoms with Crippen molar-refractivity contribution >= 4 is 0 Å². The van der Waals surface area contributed by atoms with E-state index in [9.17, 15) is 0 Å². The third-order valence-electron chi connectivity index (χ3n) is 4.64. The molecule has 1 heterocycles. The highest BCUT2D eigenvalue weighted by atomic mass is 16.6. The molecule has 0 aromatic heterocycles. The van der Waals surface area contributed by atoms with Gasteiger partial charge in [-0.25, -0.2) is 0 Å². The lowest BCUT2D eigenvalue weighted by atomic mass is 9.91. The minimum Gasteiger partial charge on any atom is -0.497 e. The van der Waals surface area contributed by atoms with Crippen LogP contribution in [0.2, 0.25) is 0 Å². The van der Waals surface area contributed by atoms with Gasteiger partial charge >= 0.3 is 0 Å². The van der Waals surface area contributed by atoms with Crippen molar-refractivity contribution in [1.82, 2.24) is 0 Å². The average molecular weight is 360 g/mol. The molecule has 0 unspecified atom stereocenters. The molecule has 2 aromatic carbocycles. The zero-order valence-corrected chi connectivity index (χ0v) is 15.6. The van der Waals surface area contributed by atoms with Crippen LogP contribution in [0.4, 0.5) is 0 Å². The normalized spacial score (nSPS) is 21.5. The maximum atomic E-state index is 6.29. The monoisotopic (exact) mass is 360 g/mol. The topological polar surface area (TPSA) is 55.4 Å². The molecule has 0 bridgehead atoms. The van der Waals surface area contributed by atoms with Gasteiger partial charge in [-0.15, -0.1) is 0 Å². The number of hydrogen-bond donors (Lipinski definition) is 0. The second-order valence-corrected chi connectivity index (χ2v) is 5.91. The van der Waals surface area contributed by atoms with Crippen molar-refractivity contribution in [3.05, 3.63) is 47.5 Å². The molecule has 2 aromatic rings. The van der Waals surface area contributed by atoms with Crippen LogP contribution in [-0.4, -0.2) is 41.7 Å². The summed E-state index contributed by atoms with van der Waals surface area (Å²) in [7, 11) is 8.16. The Hall–Kier alpha value is -2.44. The summed E-state index contributed by atoms with van der Waals surface area (Å²) >= 11 is 0. The van der Waals surface area contributed by atoms with E-state index < -0.39 is 0 Å². The fourth-order valence-electron chi connectivity index (χ4n) is 3.31. The number of rotatable bonds is 6. The summed E-state index contributed by atoms with van der Waals surface area (Å²) in [6, 6.07) is 11.4. The van der Waals surface area contributed by atoms with Gasteiger partial charge in [-0.3, -0.25) is 0 Å². The fourth-order valence-corrected chi connectivity index (χ4v) is 3.31. The summed E-state index contributed by atoms with van der Waals surface area (Å²) < 4.78 is 33.9. The molecule has 0 saturated carbocycles. The standard InChI is InChI=1S/C20H24O6/c1-21-13-7-8-14-16(11-13)26-18(20(25-5)19(14)24-4)12-6-9-15(22-2)17(10-12)23-3/h6-11,18-20H,1-5H3/t18-,19+,20-/m1/s1. The van der Waals surface area contributed by atoms with Crippen molar-refractivity contribution in [3.63, 3.8) is 0 Å². The van der Waals surface area contributed by atoms with Crippen LogP contribution >= 0.6 is 0 Å². The second-order valence-electron chi connectivity index (χ2n) is 5.91. The number of methoxy groups -OCH3 is 5. The Kier molecular flexibility index (Phi) is 5.54. The van der Waals surface area contributed by atoms with Gasteiger partial charge in [0, 0.05) is 25.8 Å². The number of hydrogen-bond acceptors (Lipinski definition) is 6. The summed E-state index contributed by atoms with van der Waals surface area (Å²) in [4.78, 5) is 0. The van der Waals surface area contributed by atoms with Gasteiger partial charge in [-0.2, -0.15) is 0 Å². The van der Waals surface area contributed by atoms with Gasteiger partial charge in [0.05, 0.1) is 21.3 Å². The molecule has 3 rings (SSSR count). The maximum Gasteiger partial charge on any atom is 0.161 e. The van der Waals surface area contributed by atoms with E-state index in [1.54, 1.807) is 35.5 Å². The second kappa shape index (κ2) is 7.85. The van der Waals surface area contributed by atoms with E-state index in [-0.39, 0.29) is 18.3 Å². The molecule has 6 heteroatoms. The predicted molar refractivity (Wildman–Crippen MR) is 96.5 cm³/mol. The highest BCUT2D eigenvalue weighted by Gasteiger charge is 2.40. The lowest BCUT2D eigenvalue weighted by Crippen LogP contribution is -2.36. The Morgan fingerprint density at radius 3 is 2.15 bits per heavy atom. The Balaban J connectivity index is 2.06. The third kappa shape index (κ3) is 3.18. The molecular formula is C20H24O6. The van der Waals surface area contributed by atoms with Crippen LogP contribution in [0.15, 0.2) is 36.4 Å². The molecule has 1 aliphatic rings. The maximum absolute atomic E-state index is 6.29. The quantitative estimate of drug-likeness (QED) is 0.785. The van der Waals surface area contributed by atoms with Crippen molar-refractivity contribution in [2.45, 2.75) is 18.3 Å². The van der Waals surface area contributed by atoms with E-state index in [2.05, 4.69) is 0 Å². The van der Waals surface area contributed by atoms with E-state index in [4.69, 9.17) is 28.4 Å². The highest BCUT2D eigenvalue weighted by Crippen LogP contribution is 2.46. The first-order chi connectivity index (χ1) is 12.7. The minimum absolute atomic E-state index is 0.271. The zero-order chi connectivity index (χ0) is 18.7. The molecule has 0 saturated heterocycles. The molecule has 26 heavy (non-hydrogen) atoms. The molecule has 0 N–H and O–H groups in total. The van der Waals surface area contributed by atoms with Gasteiger partial charge in [0.15, 0.2) is 17.6 Å². The number of benzene rings is 2. The first-order valence-electron chi connectivity index (χ1n) is 8.28. The van der Waals surface area contributed by atoms with Crippen molar-refractivity contribution in [2.24, 2.45) is 0 Å². The van der Waals surface area contributed by atoms with Crippen LogP contribution in [0.25, 0.3) is 0 Å². The summed E-state index contributed by atoms with van der Waals surface area (Å²) in [5, 5.41) is 0. The van der Waals surface area contributed by atoms with Gasteiger partial charge in [-0.05, 0) is 29.8 Å². The predicted octanol–water partition coefficient (Wildman–Crippen LogP) is 3.55.